The van der Waals surface area contributed by atoms with E-state index in [0.29, 0.717) is 18.7 Å². The summed E-state index contributed by atoms with van der Waals surface area (Å²) < 4.78 is 13.1. The number of amides is 2. The molecule has 1 aromatic carbocycles. The average Bonchev–Trinajstić information content (AvgIpc) is 2.80. The molecule has 2 rings (SSSR count). The molecule has 1 N–H and O–H groups in total. The Morgan fingerprint density at radius 2 is 1.91 bits per heavy atom. The molecule has 1 saturated carbocycles. The number of nitrogens with one attached hydrogen (secondary N) is 1. The number of hydrogen-bond acceptors (Lipinski definition) is 2. The molecule has 1 aliphatic carbocycles. The number of rotatable bonds is 5. The molecule has 0 unspecified atom stereocenters. The van der Waals surface area contributed by atoms with Crippen LogP contribution in [0.25, 0.3) is 0 Å². The van der Waals surface area contributed by atoms with Gasteiger partial charge in [-0.1, -0.05) is 31.7 Å². The van der Waals surface area contributed by atoms with Crippen molar-refractivity contribution in [2.75, 3.05) is 13.1 Å². The van der Waals surface area contributed by atoms with Crippen molar-refractivity contribution in [3.63, 3.8) is 0 Å². The Morgan fingerprint density at radius 1 is 1.22 bits per heavy atom. The van der Waals surface area contributed by atoms with E-state index < -0.39 is 5.82 Å². The monoisotopic (exact) mass is 320 g/mol. The molecule has 0 spiro atoms. The van der Waals surface area contributed by atoms with E-state index in [4.69, 9.17) is 0 Å². The average molecular weight is 320 g/mol. The van der Waals surface area contributed by atoms with Crippen molar-refractivity contribution >= 4 is 11.8 Å². The third-order valence-corrected chi connectivity index (χ3v) is 4.40. The van der Waals surface area contributed by atoms with Crippen LogP contribution in [0.4, 0.5) is 4.39 Å². The Bertz CT molecular complexity index is 540. The predicted octanol–water partition coefficient (Wildman–Crippen LogP) is 3.13. The number of carbonyl (C=O) groups excluding carboxylic acids is 2. The maximum atomic E-state index is 13.1. The van der Waals surface area contributed by atoms with Crippen molar-refractivity contribution in [1.29, 1.82) is 0 Å². The minimum atomic E-state index is -0.429. The van der Waals surface area contributed by atoms with Crippen LogP contribution in [-0.4, -0.2) is 35.8 Å². The van der Waals surface area contributed by atoms with Crippen molar-refractivity contribution in [3.8, 4) is 0 Å². The van der Waals surface area contributed by atoms with E-state index in [0.717, 1.165) is 25.7 Å². The zero-order chi connectivity index (χ0) is 16.7. The number of carbonyl (C=O) groups is 2. The number of nitrogens with zero attached hydrogens (tertiary/aromatic N) is 1. The molecular weight excluding hydrogens is 295 g/mol. The molecule has 0 radical (unpaired) electrons. The lowest BCUT2D eigenvalue weighted by Crippen LogP contribution is -2.43. The molecule has 0 atom stereocenters. The zero-order valence-electron chi connectivity index (χ0n) is 13.7. The Labute approximate surface area is 137 Å². The minimum absolute atomic E-state index is 0.0527. The molecule has 1 aromatic rings. The first-order valence-electron chi connectivity index (χ1n) is 8.39. The second kappa shape index (κ2) is 8.65. The predicted molar refractivity (Wildman–Crippen MR) is 87.6 cm³/mol. The molecule has 23 heavy (non-hydrogen) atoms. The lowest BCUT2D eigenvalue weighted by Gasteiger charge is -2.30. The molecule has 1 fully saturated rings. The number of benzene rings is 1. The molecule has 0 aromatic heterocycles. The van der Waals surface area contributed by atoms with Gasteiger partial charge in [-0.3, -0.25) is 9.59 Å². The number of hydrogen-bond donors (Lipinski definition) is 1. The van der Waals surface area contributed by atoms with Gasteiger partial charge in [-0.05, 0) is 31.0 Å². The molecule has 2 amide bonds. The van der Waals surface area contributed by atoms with Gasteiger partial charge in [0, 0.05) is 31.6 Å². The largest absolute Gasteiger partial charge is 0.350 e. The second-order valence-corrected chi connectivity index (χ2v) is 6.12. The van der Waals surface area contributed by atoms with Gasteiger partial charge < -0.3 is 10.2 Å². The van der Waals surface area contributed by atoms with Crippen molar-refractivity contribution in [2.45, 2.75) is 51.5 Å². The van der Waals surface area contributed by atoms with E-state index in [1.54, 1.807) is 13.0 Å². The van der Waals surface area contributed by atoms with Gasteiger partial charge in [-0.2, -0.15) is 0 Å². The first-order valence-corrected chi connectivity index (χ1v) is 8.39. The summed E-state index contributed by atoms with van der Waals surface area (Å²) in [7, 11) is 0. The van der Waals surface area contributed by atoms with Crippen LogP contribution < -0.4 is 5.32 Å². The Balaban J connectivity index is 1.86. The summed E-state index contributed by atoms with van der Waals surface area (Å²) in [5.74, 6) is -0.688. The summed E-state index contributed by atoms with van der Waals surface area (Å²) in [6.07, 6.45) is 6.86. The van der Waals surface area contributed by atoms with E-state index in [9.17, 15) is 14.0 Å². The lowest BCUT2D eigenvalue weighted by atomic mass is 10.1. The van der Waals surface area contributed by atoms with Gasteiger partial charge in [0.25, 0.3) is 5.91 Å². The molecule has 5 heteroatoms. The van der Waals surface area contributed by atoms with Gasteiger partial charge in [-0.25, -0.2) is 4.39 Å². The van der Waals surface area contributed by atoms with Gasteiger partial charge in [0.1, 0.15) is 5.82 Å². The Morgan fingerprint density at radius 3 is 2.52 bits per heavy atom. The highest BCUT2D eigenvalue weighted by Gasteiger charge is 2.22. The van der Waals surface area contributed by atoms with E-state index in [1.165, 1.54) is 31.0 Å². The fraction of sp³-hybridized carbons (Fsp3) is 0.556. The van der Waals surface area contributed by atoms with E-state index in [-0.39, 0.29) is 17.9 Å². The van der Waals surface area contributed by atoms with E-state index in [2.05, 4.69) is 5.32 Å². The zero-order valence-corrected chi connectivity index (χ0v) is 13.7. The third kappa shape index (κ3) is 5.34. The van der Waals surface area contributed by atoms with Crippen LogP contribution in [0.2, 0.25) is 0 Å². The summed E-state index contributed by atoms with van der Waals surface area (Å²) in [5.41, 5.74) is 0.300. The molecule has 4 nitrogen and oxygen atoms in total. The van der Waals surface area contributed by atoms with Gasteiger partial charge in [0.2, 0.25) is 5.91 Å². The minimum Gasteiger partial charge on any atom is -0.350 e. The van der Waals surface area contributed by atoms with Crippen LogP contribution in [0.1, 0.15) is 55.8 Å². The molecule has 126 valence electrons. The van der Waals surface area contributed by atoms with Gasteiger partial charge in [0.15, 0.2) is 0 Å². The highest BCUT2D eigenvalue weighted by atomic mass is 19.1. The maximum Gasteiger partial charge on any atom is 0.251 e. The SMILES string of the molecule is CC(=O)N(CCNC(=O)c1cccc(F)c1)C1CCCCCC1. The quantitative estimate of drug-likeness (QED) is 0.847. The normalized spacial score (nSPS) is 15.7. The summed E-state index contributed by atoms with van der Waals surface area (Å²) in [5, 5.41) is 2.77. The second-order valence-electron chi connectivity index (χ2n) is 6.12. The van der Waals surface area contributed by atoms with Crippen molar-refractivity contribution in [3.05, 3.63) is 35.6 Å². The van der Waals surface area contributed by atoms with Crippen LogP contribution in [0.3, 0.4) is 0 Å². The van der Waals surface area contributed by atoms with E-state index >= 15 is 0 Å². The number of halogens is 1. The molecule has 1 aliphatic rings. The van der Waals surface area contributed by atoms with Crippen LogP contribution in [0.5, 0.6) is 0 Å². The fourth-order valence-electron chi connectivity index (χ4n) is 3.19. The van der Waals surface area contributed by atoms with Crippen molar-refractivity contribution in [1.82, 2.24) is 10.2 Å². The van der Waals surface area contributed by atoms with Crippen molar-refractivity contribution < 1.29 is 14.0 Å². The van der Waals surface area contributed by atoms with Crippen LogP contribution >= 0.6 is 0 Å². The van der Waals surface area contributed by atoms with Crippen LogP contribution in [0, 0.1) is 5.82 Å². The first-order chi connectivity index (χ1) is 11.1. The Kier molecular flexibility index (Phi) is 6.56. The first kappa shape index (κ1) is 17.4. The van der Waals surface area contributed by atoms with Crippen LogP contribution in [-0.2, 0) is 4.79 Å². The lowest BCUT2D eigenvalue weighted by molar-refractivity contribution is -0.131. The molecule has 0 aliphatic heterocycles. The van der Waals surface area contributed by atoms with Gasteiger partial charge >= 0.3 is 0 Å². The third-order valence-electron chi connectivity index (χ3n) is 4.40. The Hall–Kier alpha value is -1.91. The maximum absolute atomic E-state index is 13.1. The summed E-state index contributed by atoms with van der Waals surface area (Å²) in [6, 6.07) is 5.88. The summed E-state index contributed by atoms with van der Waals surface area (Å²) in [6.45, 7) is 2.46. The molecular formula is C18H25FN2O2. The summed E-state index contributed by atoms with van der Waals surface area (Å²) in [4.78, 5) is 25.8. The van der Waals surface area contributed by atoms with Gasteiger partial charge in [0.05, 0.1) is 0 Å². The topological polar surface area (TPSA) is 49.4 Å². The summed E-state index contributed by atoms with van der Waals surface area (Å²) >= 11 is 0. The standard InChI is InChI=1S/C18H25FN2O2/c1-14(22)21(17-9-4-2-3-5-10-17)12-11-20-18(23)15-7-6-8-16(19)13-15/h6-8,13,17H,2-5,9-12H2,1H3,(H,20,23). The van der Waals surface area contributed by atoms with E-state index in [1.807, 2.05) is 4.90 Å². The smallest absolute Gasteiger partial charge is 0.251 e. The highest BCUT2D eigenvalue weighted by molar-refractivity contribution is 5.94. The fourth-order valence-corrected chi connectivity index (χ4v) is 3.19. The molecule has 0 bridgehead atoms. The molecule has 0 heterocycles. The molecule has 0 saturated heterocycles. The van der Waals surface area contributed by atoms with Crippen LogP contribution in [0.15, 0.2) is 24.3 Å². The van der Waals surface area contributed by atoms with Crippen molar-refractivity contribution in [2.24, 2.45) is 0 Å². The highest BCUT2D eigenvalue weighted by Crippen LogP contribution is 2.21. The van der Waals surface area contributed by atoms with Gasteiger partial charge in [-0.15, -0.1) is 0 Å².